The maximum Gasteiger partial charge on any atom is 0.180 e. The molecule has 0 N–H and O–H groups in total. The van der Waals surface area contributed by atoms with Crippen LogP contribution in [0.5, 0.6) is 0 Å². The van der Waals surface area contributed by atoms with Gasteiger partial charge in [-0.25, -0.2) is 24.9 Å². The van der Waals surface area contributed by atoms with Crippen molar-refractivity contribution in [1.82, 2.24) is 29.5 Å². The van der Waals surface area contributed by atoms with E-state index in [2.05, 4.69) is 89.5 Å². The maximum atomic E-state index is 6.68. The molecule has 0 saturated carbocycles. The minimum atomic E-state index is 0.552. The fourth-order valence-electron chi connectivity index (χ4n) is 8.93. The summed E-state index contributed by atoms with van der Waals surface area (Å²) in [5.41, 5.74) is 12.1. The molecule has 0 aliphatic heterocycles. The number of hydrogen-bond acceptors (Lipinski definition) is 7. The van der Waals surface area contributed by atoms with E-state index < -0.39 is 0 Å². The fourth-order valence-corrected chi connectivity index (χ4v) is 8.93. The molecule has 0 amide bonds. The molecule has 294 valence electrons. The van der Waals surface area contributed by atoms with Gasteiger partial charge in [0.25, 0.3) is 0 Å². The molecular formula is C55H32N6O2. The lowest BCUT2D eigenvalue weighted by Crippen LogP contribution is -2.00. The van der Waals surface area contributed by atoms with Crippen LogP contribution in [-0.4, -0.2) is 29.5 Å². The summed E-state index contributed by atoms with van der Waals surface area (Å²) >= 11 is 0. The van der Waals surface area contributed by atoms with Crippen molar-refractivity contribution in [2.75, 3.05) is 0 Å². The van der Waals surface area contributed by atoms with Gasteiger partial charge in [-0.1, -0.05) is 121 Å². The number of furan rings is 2. The van der Waals surface area contributed by atoms with E-state index in [0.717, 1.165) is 83.1 Å². The van der Waals surface area contributed by atoms with Gasteiger partial charge in [-0.15, -0.1) is 0 Å². The molecule has 5 heterocycles. The predicted molar refractivity (Wildman–Crippen MR) is 251 cm³/mol. The third-order valence-electron chi connectivity index (χ3n) is 11.9. The van der Waals surface area contributed by atoms with Crippen LogP contribution in [0.2, 0.25) is 0 Å². The van der Waals surface area contributed by atoms with Crippen molar-refractivity contribution in [3.8, 4) is 62.5 Å². The molecule has 0 saturated heterocycles. The van der Waals surface area contributed by atoms with Crippen LogP contribution in [0.25, 0.3) is 128 Å². The van der Waals surface area contributed by atoms with Crippen LogP contribution in [0, 0.1) is 0 Å². The van der Waals surface area contributed by atoms with Gasteiger partial charge in [0.1, 0.15) is 28.0 Å². The molecule has 0 bridgehead atoms. The monoisotopic (exact) mass is 808 g/mol. The number of hydrogen-bond donors (Lipinski definition) is 0. The van der Waals surface area contributed by atoms with Gasteiger partial charge < -0.3 is 13.4 Å². The highest BCUT2D eigenvalue weighted by atomic mass is 16.3. The second kappa shape index (κ2) is 13.9. The largest absolute Gasteiger partial charge is 0.455 e. The second-order valence-corrected chi connectivity index (χ2v) is 15.6. The second-order valence-electron chi connectivity index (χ2n) is 15.6. The molecule has 13 rings (SSSR count). The van der Waals surface area contributed by atoms with Crippen LogP contribution in [0.1, 0.15) is 0 Å². The molecule has 0 radical (unpaired) electrons. The number of benzene rings is 8. The summed E-state index contributed by atoms with van der Waals surface area (Å²) in [7, 11) is 0. The van der Waals surface area contributed by atoms with E-state index in [4.69, 9.17) is 33.8 Å². The first kappa shape index (κ1) is 35.0. The van der Waals surface area contributed by atoms with Gasteiger partial charge >= 0.3 is 0 Å². The highest BCUT2D eigenvalue weighted by Gasteiger charge is 2.22. The summed E-state index contributed by atoms with van der Waals surface area (Å²) < 4.78 is 15.4. The highest BCUT2D eigenvalue weighted by molar-refractivity contribution is 6.12. The van der Waals surface area contributed by atoms with Crippen molar-refractivity contribution in [1.29, 1.82) is 0 Å². The minimum Gasteiger partial charge on any atom is -0.455 e. The summed E-state index contributed by atoms with van der Waals surface area (Å²) in [5, 5.41) is 5.24. The lowest BCUT2D eigenvalue weighted by molar-refractivity contribution is 0.666. The van der Waals surface area contributed by atoms with E-state index in [-0.39, 0.29) is 0 Å². The Kier molecular flexibility index (Phi) is 7.74. The van der Waals surface area contributed by atoms with E-state index >= 15 is 0 Å². The number of rotatable bonds is 6. The highest BCUT2D eigenvalue weighted by Crippen LogP contribution is 2.40. The van der Waals surface area contributed by atoms with Gasteiger partial charge in [0.05, 0.1) is 16.6 Å². The van der Waals surface area contributed by atoms with Crippen LogP contribution in [0.4, 0.5) is 0 Å². The molecule has 0 aliphatic rings. The van der Waals surface area contributed by atoms with Crippen LogP contribution >= 0.6 is 0 Å². The smallest absolute Gasteiger partial charge is 0.180 e. The molecular weight excluding hydrogens is 777 g/mol. The molecule has 0 aliphatic carbocycles. The SMILES string of the molecule is c1ccc(-c2nc(-c3ccc(-n4c5ccccc5c5ccccc54)cc3)nc(-c3ccc4oc5c(-c6nc(-c7ccccc7)c7oc8ccccc8c7n6)cccc5c4c3)n2)cc1. The third kappa shape index (κ3) is 5.66. The normalized spacial score (nSPS) is 11.8. The van der Waals surface area contributed by atoms with Gasteiger partial charge in [-0.05, 0) is 72.8 Å². The first-order valence-corrected chi connectivity index (χ1v) is 20.8. The molecule has 8 nitrogen and oxygen atoms in total. The molecule has 0 spiro atoms. The quantitative estimate of drug-likeness (QED) is 0.165. The zero-order chi connectivity index (χ0) is 41.4. The molecule has 0 fully saturated rings. The topological polar surface area (TPSA) is 95.7 Å². The summed E-state index contributed by atoms with van der Waals surface area (Å²) in [6.45, 7) is 0. The third-order valence-corrected chi connectivity index (χ3v) is 11.9. The summed E-state index contributed by atoms with van der Waals surface area (Å²) in [4.78, 5) is 25.5. The Balaban J connectivity index is 0.940. The van der Waals surface area contributed by atoms with Gasteiger partial charge in [-0.2, -0.15) is 0 Å². The molecule has 0 unspecified atom stereocenters. The average Bonchev–Trinajstić information content (AvgIpc) is 4.04. The van der Waals surface area contributed by atoms with Crippen molar-refractivity contribution in [3.05, 3.63) is 194 Å². The molecule has 8 heteroatoms. The predicted octanol–water partition coefficient (Wildman–Crippen LogP) is 13.9. The average molecular weight is 809 g/mol. The first-order chi connectivity index (χ1) is 31.2. The zero-order valence-electron chi connectivity index (χ0n) is 33.5. The maximum absolute atomic E-state index is 6.68. The molecule has 13 aromatic rings. The van der Waals surface area contributed by atoms with E-state index in [1.807, 2.05) is 109 Å². The molecule has 5 aromatic heterocycles. The van der Waals surface area contributed by atoms with Crippen LogP contribution in [0.3, 0.4) is 0 Å². The van der Waals surface area contributed by atoms with Gasteiger partial charge in [0.2, 0.25) is 0 Å². The Morgan fingerprint density at radius 1 is 0.333 bits per heavy atom. The summed E-state index contributed by atoms with van der Waals surface area (Å²) in [6.07, 6.45) is 0. The van der Waals surface area contributed by atoms with E-state index in [1.54, 1.807) is 0 Å². The lowest BCUT2D eigenvalue weighted by atomic mass is 10.1. The molecule has 8 aromatic carbocycles. The van der Waals surface area contributed by atoms with Gasteiger partial charge in [0, 0.05) is 54.9 Å². The molecule has 0 atom stereocenters. The van der Waals surface area contributed by atoms with Crippen molar-refractivity contribution in [2.45, 2.75) is 0 Å². The zero-order valence-corrected chi connectivity index (χ0v) is 33.5. The number of fused-ring (bicyclic) bond motifs is 9. The molecule has 63 heavy (non-hydrogen) atoms. The van der Waals surface area contributed by atoms with E-state index in [1.165, 1.54) is 10.8 Å². The van der Waals surface area contributed by atoms with Crippen LogP contribution in [0.15, 0.2) is 203 Å². The Bertz CT molecular complexity index is 3860. The summed E-state index contributed by atoms with van der Waals surface area (Å²) in [6, 6.07) is 65.9. The van der Waals surface area contributed by atoms with Crippen LogP contribution in [-0.2, 0) is 0 Å². The Hall–Kier alpha value is -8.75. The summed E-state index contributed by atoms with van der Waals surface area (Å²) in [5.74, 6) is 2.29. The number of aromatic nitrogens is 6. The van der Waals surface area contributed by atoms with Crippen molar-refractivity contribution in [2.24, 2.45) is 0 Å². The first-order valence-electron chi connectivity index (χ1n) is 20.8. The number of para-hydroxylation sites is 4. The Morgan fingerprint density at radius 3 is 1.59 bits per heavy atom. The Labute approximate surface area is 359 Å². The van der Waals surface area contributed by atoms with Gasteiger partial charge in [0.15, 0.2) is 28.9 Å². The standard InChI is InChI=1S/C55H32N6O2/c1-3-14-33(15-4-1)48-51-49(41-20-9-12-25-46(41)63-51)57-55(56-48)42-22-13-21-40-43-32-36(28-31-47(43)62-50(40)42)54-59-52(34-16-5-2-6-17-34)58-53(60-54)35-26-29-37(30-27-35)61-44-23-10-7-18-38(44)39-19-8-11-24-45(39)61/h1-32H. The van der Waals surface area contributed by atoms with Gasteiger partial charge in [-0.3, -0.25) is 0 Å². The minimum absolute atomic E-state index is 0.552. The lowest BCUT2D eigenvalue weighted by Gasteiger charge is -2.11. The van der Waals surface area contributed by atoms with E-state index in [0.29, 0.717) is 34.5 Å². The van der Waals surface area contributed by atoms with E-state index in [9.17, 15) is 0 Å². The Morgan fingerprint density at radius 2 is 0.873 bits per heavy atom. The van der Waals surface area contributed by atoms with Crippen molar-refractivity contribution in [3.63, 3.8) is 0 Å². The van der Waals surface area contributed by atoms with Crippen LogP contribution < -0.4 is 0 Å². The van der Waals surface area contributed by atoms with Crippen molar-refractivity contribution < 1.29 is 8.83 Å². The fraction of sp³-hybridized carbons (Fsp3) is 0. The van der Waals surface area contributed by atoms with Crippen molar-refractivity contribution >= 4 is 65.8 Å². The number of nitrogens with zero attached hydrogens (tertiary/aromatic N) is 6.